The molecule has 1 aromatic carbocycles. The van der Waals surface area contributed by atoms with E-state index in [-0.39, 0.29) is 5.56 Å². The van der Waals surface area contributed by atoms with Gasteiger partial charge in [0.25, 0.3) is 5.91 Å². The van der Waals surface area contributed by atoms with Gasteiger partial charge < -0.3 is 10.0 Å². The van der Waals surface area contributed by atoms with Crippen LogP contribution in [0.4, 0.5) is 10.1 Å². The van der Waals surface area contributed by atoms with Crippen LogP contribution in [0.3, 0.4) is 0 Å². The lowest BCUT2D eigenvalue weighted by Gasteiger charge is -2.34. The number of rotatable bonds is 4. The van der Waals surface area contributed by atoms with E-state index in [1.807, 2.05) is 0 Å². The van der Waals surface area contributed by atoms with E-state index < -0.39 is 40.4 Å². The molecule has 0 aromatic heterocycles. The van der Waals surface area contributed by atoms with E-state index >= 15 is 0 Å². The molecule has 0 fully saturated rings. The van der Waals surface area contributed by atoms with Crippen molar-refractivity contribution in [1.29, 1.82) is 0 Å². The monoisotopic (exact) mass is 298 g/mol. The molecular weight excluding hydrogens is 283 g/mol. The van der Waals surface area contributed by atoms with Gasteiger partial charge in [0, 0.05) is 17.2 Å². The molecule has 0 radical (unpaired) electrons. The second-order valence-corrected chi connectivity index (χ2v) is 5.38. The fraction of sp³-hybridized carbons (Fsp3) is 0.385. The average Bonchev–Trinajstić information content (AvgIpc) is 2.33. The van der Waals surface area contributed by atoms with Crippen LogP contribution in [0.5, 0.6) is 0 Å². The largest absolute Gasteiger partial charge is 0.480 e. The highest BCUT2D eigenvalue weighted by molar-refractivity contribution is 5.96. The number of aliphatic carboxylic acids is 1. The van der Waals surface area contributed by atoms with Gasteiger partial charge in [-0.2, -0.15) is 4.39 Å². The van der Waals surface area contributed by atoms with Crippen molar-refractivity contribution in [2.45, 2.75) is 26.3 Å². The van der Waals surface area contributed by atoms with Crippen molar-refractivity contribution < 1.29 is 24.0 Å². The van der Waals surface area contributed by atoms with E-state index in [1.54, 1.807) is 20.8 Å². The van der Waals surface area contributed by atoms with E-state index in [9.17, 15) is 24.1 Å². The first kappa shape index (κ1) is 16.5. The standard InChI is InChI=1S/C13H15FN2O5/c1-13(2,3)15(7-11(17)18)12(19)8-4-5-9(14)10(6-8)16(20)21/h4-6H,7H2,1-3H3,(H,17,18). The summed E-state index contributed by atoms with van der Waals surface area (Å²) in [5.74, 6) is -2.99. The lowest BCUT2D eigenvalue weighted by atomic mass is 10.0. The van der Waals surface area contributed by atoms with Crippen molar-refractivity contribution >= 4 is 17.6 Å². The zero-order valence-corrected chi connectivity index (χ0v) is 11.8. The molecule has 0 aliphatic carbocycles. The summed E-state index contributed by atoms with van der Waals surface area (Å²) in [6, 6.07) is 2.70. The Bertz CT molecular complexity index is 595. The minimum atomic E-state index is -1.21. The smallest absolute Gasteiger partial charge is 0.323 e. The van der Waals surface area contributed by atoms with Crippen molar-refractivity contribution in [2.24, 2.45) is 0 Å². The van der Waals surface area contributed by atoms with Gasteiger partial charge in [-0.15, -0.1) is 0 Å². The van der Waals surface area contributed by atoms with E-state index in [0.717, 1.165) is 23.1 Å². The van der Waals surface area contributed by atoms with Crippen LogP contribution in [0.1, 0.15) is 31.1 Å². The van der Waals surface area contributed by atoms with Crippen molar-refractivity contribution in [2.75, 3.05) is 6.54 Å². The molecule has 1 aromatic rings. The van der Waals surface area contributed by atoms with Gasteiger partial charge in [-0.3, -0.25) is 19.7 Å². The summed E-state index contributed by atoms with van der Waals surface area (Å²) in [7, 11) is 0. The molecule has 8 heteroatoms. The first-order chi connectivity index (χ1) is 9.54. The van der Waals surface area contributed by atoms with Gasteiger partial charge in [0.2, 0.25) is 5.82 Å². The van der Waals surface area contributed by atoms with Crippen LogP contribution >= 0.6 is 0 Å². The Morgan fingerprint density at radius 2 is 1.95 bits per heavy atom. The molecule has 7 nitrogen and oxygen atoms in total. The van der Waals surface area contributed by atoms with Crippen molar-refractivity contribution in [3.63, 3.8) is 0 Å². The van der Waals surface area contributed by atoms with Crippen LogP contribution in [0.25, 0.3) is 0 Å². The molecule has 0 saturated heterocycles. The molecule has 1 rings (SSSR count). The highest BCUT2D eigenvalue weighted by Gasteiger charge is 2.30. The zero-order chi connectivity index (χ0) is 16.4. The molecule has 0 saturated carbocycles. The van der Waals surface area contributed by atoms with Crippen LogP contribution in [-0.2, 0) is 4.79 Å². The summed E-state index contributed by atoms with van der Waals surface area (Å²) < 4.78 is 13.3. The SMILES string of the molecule is CC(C)(C)N(CC(=O)O)C(=O)c1ccc(F)c([N+](=O)[O-])c1. The molecule has 1 N–H and O–H groups in total. The minimum absolute atomic E-state index is 0.140. The van der Waals surface area contributed by atoms with Crippen LogP contribution in [-0.4, -0.2) is 38.9 Å². The molecule has 1 amide bonds. The molecular formula is C13H15FN2O5. The number of benzene rings is 1. The number of nitro groups is 1. The Balaban J connectivity index is 3.24. The van der Waals surface area contributed by atoms with Crippen LogP contribution in [0, 0.1) is 15.9 Å². The summed E-state index contributed by atoms with van der Waals surface area (Å²) in [6.07, 6.45) is 0. The number of hydrogen-bond donors (Lipinski definition) is 1. The molecule has 0 heterocycles. The summed E-state index contributed by atoms with van der Waals surface area (Å²) in [4.78, 5) is 34.0. The normalized spacial score (nSPS) is 11.0. The van der Waals surface area contributed by atoms with Crippen LogP contribution < -0.4 is 0 Å². The first-order valence-electron chi connectivity index (χ1n) is 6.01. The van der Waals surface area contributed by atoms with Gasteiger partial charge in [0.1, 0.15) is 6.54 Å². The number of carboxylic acid groups (broad SMARTS) is 1. The number of amides is 1. The molecule has 0 aliphatic rings. The van der Waals surface area contributed by atoms with Gasteiger partial charge in [0.05, 0.1) is 4.92 Å². The third kappa shape index (κ3) is 3.98. The predicted octanol–water partition coefficient (Wildman–Crippen LogP) is 2.06. The van der Waals surface area contributed by atoms with Gasteiger partial charge >= 0.3 is 11.7 Å². The Kier molecular flexibility index (Phi) is 4.62. The summed E-state index contributed by atoms with van der Waals surface area (Å²) >= 11 is 0. The zero-order valence-electron chi connectivity index (χ0n) is 11.8. The van der Waals surface area contributed by atoms with E-state index in [1.165, 1.54) is 0 Å². The number of nitro benzene ring substituents is 1. The second-order valence-electron chi connectivity index (χ2n) is 5.38. The highest BCUT2D eigenvalue weighted by Crippen LogP contribution is 2.22. The van der Waals surface area contributed by atoms with Crippen molar-refractivity contribution in [3.05, 3.63) is 39.7 Å². The van der Waals surface area contributed by atoms with Gasteiger partial charge in [-0.25, -0.2) is 0 Å². The summed E-state index contributed by atoms with van der Waals surface area (Å²) in [5, 5.41) is 19.6. The summed E-state index contributed by atoms with van der Waals surface area (Å²) in [5.41, 5.74) is -1.78. The lowest BCUT2D eigenvalue weighted by Crippen LogP contribution is -2.48. The van der Waals surface area contributed by atoms with E-state index in [4.69, 9.17) is 5.11 Å². The molecule has 0 bridgehead atoms. The Morgan fingerprint density at radius 3 is 2.38 bits per heavy atom. The maximum Gasteiger partial charge on any atom is 0.323 e. The fourth-order valence-electron chi connectivity index (χ4n) is 1.69. The molecule has 0 unspecified atom stereocenters. The average molecular weight is 298 g/mol. The second kappa shape index (κ2) is 5.86. The Labute approximate surface area is 120 Å². The number of carboxylic acids is 1. The fourth-order valence-corrected chi connectivity index (χ4v) is 1.69. The van der Waals surface area contributed by atoms with Gasteiger partial charge in [0.15, 0.2) is 0 Å². The molecule has 114 valence electrons. The van der Waals surface area contributed by atoms with Gasteiger partial charge in [-0.05, 0) is 32.9 Å². The van der Waals surface area contributed by atoms with Crippen LogP contribution in [0.2, 0.25) is 0 Å². The predicted molar refractivity (Wildman–Crippen MR) is 71.5 cm³/mol. The van der Waals surface area contributed by atoms with Gasteiger partial charge in [-0.1, -0.05) is 0 Å². The first-order valence-corrected chi connectivity index (χ1v) is 6.01. The quantitative estimate of drug-likeness (QED) is 0.677. The number of carbonyl (C=O) groups excluding carboxylic acids is 1. The van der Waals surface area contributed by atoms with Crippen molar-refractivity contribution in [3.8, 4) is 0 Å². The maximum absolute atomic E-state index is 13.3. The molecule has 21 heavy (non-hydrogen) atoms. The number of hydrogen-bond acceptors (Lipinski definition) is 4. The summed E-state index contributed by atoms with van der Waals surface area (Å²) in [6.45, 7) is 4.33. The third-order valence-electron chi connectivity index (χ3n) is 2.74. The lowest BCUT2D eigenvalue weighted by molar-refractivity contribution is -0.387. The van der Waals surface area contributed by atoms with E-state index in [2.05, 4.69) is 0 Å². The molecule has 0 atom stereocenters. The third-order valence-corrected chi connectivity index (χ3v) is 2.74. The topological polar surface area (TPSA) is 101 Å². The Hall–Kier alpha value is -2.51. The highest BCUT2D eigenvalue weighted by atomic mass is 19.1. The maximum atomic E-state index is 13.3. The Morgan fingerprint density at radius 1 is 1.38 bits per heavy atom. The number of nitrogens with zero attached hydrogens (tertiary/aromatic N) is 2. The number of halogens is 1. The number of carbonyl (C=O) groups is 2. The minimum Gasteiger partial charge on any atom is -0.480 e. The molecule has 0 spiro atoms. The molecule has 0 aliphatic heterocycles. The van der Waals surface area contributed by atoms with Crippen LogP contribution in [0.15, 0.2) is 18.2 Å². The van der Waals surface area contributed by atoms with E-state index in [0.29, 0.717) is 0 Å². The van der Waals surface area contributed by atoms with Crippen molar-refractivity contribution in [1.82, 2.24) is 4.90 Å².